The molecule has 0 bridgehead atoms. The SMILES string of the molecule is CCc1ccccc1NN.O=P(O)(O)O. The summed E-state index contributed by atoms with van der Waals surface area (Å²) in [5, 5.41) is 0. The number of nitrogen functional groups attached to an aromatic ring is 1. The second-order valence-corrected chi connectivity index (χ2v) is 3.69. The van der Waals surface area contributed by atoms with Crippen molar-refractivity contribution in [3.63, 3.8) is 0 Å². The fourth-order valence-electron chi connectivity index (χ4n) is 0.969. The van der Waals surface area contributed by atoms with Gasteiger partial charge in [0.1, 0.15) is 0 Å². The maximum absolute atomic E-state index is 8.88. The Morgan fingerprint density at radius 1 is 1.33 bits per heavy atom. The summed E-state index contributed by atoms with van der Waals surface area (Å²) in [5.41, 5.74) is 4.92. The van der Waals surface area contributed by atoms with Crippen LogP contribution in [0.2, 0.25) is 0 Å². The van der Waals surface area contributed by atoms with Crippen LogP contribution in [0.4, 0.5) is 5.69 Å². The maximum Gasteiger partial charge on any atom is 0.466 e. The third kappa shape index (κ3) is 8.11. The highest BCUT2D eigenvalue weighted by molar-refractivity contribution is 7.45. The van der Waals surface area contributed by atoms with Gasteiger partial charge in [-0.25, -0.2) is 4.57 Å². The number of para-hydroxylation sites is 1. The van der Waals surface area contributed by atoms with Gasteiger partial charge in [-0.15, -0.1) is 0 Å². The molecule has 1 aromatic rings. The largest absolute Gasteiger partial charge is 0.466 e. The minimum absolute atomic E-state index is 1.01. The Morgan fingerprint density at radius 2 is 1.80 bits per heavy atom. The van der Waals surface area contributed by atoms with Crippen LogP contribution in [0.25, 0.3) is 0 Å². The number of hydrogen-bond donors (Lipinski definition) is 5. The average molecular weight is 234 g/mol. The molecule has 0 unspecified atom stereocenters. The molecule has 6 nitrogen and oxygen atoms in total. The van der Waals surface area contributed by atoms with Crippen LogP contribution in [0.15, 0.2) is 24.3 Å². The molecule has 0 spiro atoms. The average Bonchev–Trinajstić information content (AvgIpc) is 2.15. The number of hydrazine groups is 1. The normalized spacial score (nSPS) is 10.2. The number of hydrogen-bond acceptors (Lipinski definition) is 3. The first kappa shape index (κ1) is 14.1. The van der Waals surface area contributed by atoms with Gasteiger partial charge < -0.3 is 20.1 Å². The summed E-state index contributed by atoms with van der Waals surface area (Å²) in [6.45, 7) is 2.11. The molecule has 0 saturated heterocycles. The lowest BCUT2D eigenvalue weighted by molar-refractivity contribution is 0.275. The van der Waals surface area contributed by atoms with E-state index in [2.05, 4.69) is 18.4 Å². The van der Waals surface area contributed by atoms with Crippen LogP contribution in [0, 0.1) is 0 Å². The molecule has 0 aliphatic carbocycles. The van der Waals surface area contributed by atoms with Crippen LogP contribution < -0.4 is 11.3 Å². The van der Waals surface area contributed by atoms with Crippen molar-refractivity contribution in [2.24, 2.45) is 5.84 Å². The van der Waals surface area contributed by atoms with Gasteiger partial charge in [0.05, 0.1) is 5.69 Å². The number of rotatable bonds is 2. The van der Waals surface area contributed by atoms with Crippen molar-refractivity contribution in [3.8, 4) is 0 Å². The summed E-state index contributed by atoms with van der Waals surface area (Å²) in [6.07, 6.45) is 1.01. The summed E-state index contributed by atoms with van der Waals surface area (Å²) < 4.78 is 8.88. The maximum atomic E-state index is 8.88. The van der Waals surface area contributed by atoms with Gasteiger partial charge in [-0.05, 0) is 18.1 Å². The van der Waals surface area contributed by atoms with Gasteiger partial charge >= 0.3 is 7.82 Å². The summed E-state index contributed by atoms with van der Waals surface area (Å²) in [4.78, 5) is 21.6. The molecule has 1 rings (SSSR count). The molecule has 6 N–H and O–H groups in total. The number of anilines is 1. The van der Waals surface area contributed by atoms with Gasteiger partial charge in [-0.3, -0.25) is 5.84 Å². The second-order valence-electron chi connectivity index (χ2n) is 2.67. The zero-order valence-corrected chi connectivity index (χ0v) is 9.19. The smallest absolute Gasteiger partial charge is 0.324 e. The van der Waals surface area contributed by atoms with E-state index in [-0.39, 0.29) is 0 Å². The Labute approximate surface area is 88.0 Å². The minimum atomic E-state index is -4.64. The molecule has 0 aromatic heterocycles. The minimum Gasteiger partial charge on any atom is -0.324 e. The molecular formula is C8H15N2O4P. The van der Waals surface area contributed by atoms with E-state index in [4.69, 9.17) is 25.1 Å². The second kappa shape index (κ2) is 6.55. The fraction of sp³-hybridized carbons (Fsp3) is 0.250. The number of phosphoric acid groups is 1. The first-order valence-corrected chi connectivity index (χ1v) is 5.77. The van der Waals surface area contributed by atoms with Crippen LogP contribution in [0.3, 0.4) is 0 Å². The monoisotopic (exact) mass is 234 g/mol. The molecular weight excluding hydrogens is 219 g/mol. The van der Waals surface area contributed by atoms with Crippen LogP contribution in [0.5, 0.6) is 0 Å². The molecule has 0 atom stereocenters. The molecule has 0 heterocycles. The van der Waals surface area contributed by atoms with E-state index in [1.807, 2.05) is 18.2 Å². The molecule has 0 aliphatic rings. The van der Waals surface area contributed by atoms with Crippen molar-refractivity contribution in [1.82, 2.24) is 0 Å². The van der Waals surface area contributed by atoms with Crippen molar-refractivity contribution in [1.29, 1.82) is 0 Å². The molecule has 0 amide bonds. The van der Waals surface area contributed by atoms with Crippen molar-refractivity contribution < 1.29 is 19.2 Å². The third-order valence-corrected chi connectivity index (χ3v) is 1.55. The number of aryl methyl sites for hydroxylation is 1. The molecule has 7 heteroatoms. The van der Waals surface area contributed by atoms with Gasteiger partial charge in [0.2, 0.25) is 0 Å². The first-order chi connectivity index (χ1) is 6.88. The molecule has 0 aliphatic heterocycles. The van der Waals surface area contributed by atoms with Crippen LogP contribution in [0.1, 0.15) is 12.5 Å². The van der Waals surface area contributed by atoms with Crippen molar-refractivity contribution >= 4 is 13.5 Å². The molecule has 1 aromatic carbocycles. The summed E-state index contributed by atoms with van der Waals surface area (Å²) in [5.74, 6) is 5.28. The lowest BCUT2D eigenvalue weighted by atomic mass is 10.1. The van der Waals surface area contributed by atoms with E-state index in [1.54, 1.807) is 0 Å². The van der Waals surface area contributed by atoms with Crippen molar-refractivity contribution in [2.75, 3.05) is 5.43 Å². The first-order valence-electron chi connectivity index (χ1n) is 4.21. The highest BCUT2D eigenvalue weighted by atomic mass is 31.2. The highest BCUT2D eigenvalue weighted by Crippen LogP contribution is 2.25. The number of benzene rings is 1. The lowest BCUT2D eigenvalue weighted by Crippen LogP contribution is -2.08. The fourth-order valence-corrected chi connectivity index (χ4v) is 0.969. The summed E-state index contributed by atoms with van der Waals surface area (Å²) in [6, 6.07) is 8.02. The van der Waals surface area contributed by atoms with Gasteiger partial charge in [0, 0.05) is 0 Å². The van der Waals surface area contributed by atoms with Gasteiger partial charge in [-0.1, -0.05) is 25.1 Å². The molecule has 86 valence electrons. The summed E-state index contributed by atoms with van der Waals surface area (Å²) in [7, 11) is -4.64. The van der Waals surface area contributed by atoms with Gasteiger partial charge in [0.15, 0.2) is 0 Å². The van der Waals surface area contributed by atoms with Crippen LogP contribution in [-0.4, -0.2) is 14.7 Å². The van der Waals surface area contributed by atoms with E-state index in [0.717, 1.165) is 12.1 Å². The Morgan fingerprint density at radius 3 is 2.13 bits per heavy atom. The van der Waals surface area contributed by atoms with E-state index >= 15 is 0 Å². The van der Waals surface area contributed by atoms with Crippen molar-refractivity contribution in [3.05, 3.63) is 29.8 Å². The standard InChI is InChI=1S/C8H12N2.H3O4P/c1-2-7-5-3-4-6-8(7)10-9;1-5(2,3)4/h3-6,10H,2,9H2,1H3;(H3,1,2,3,4). The zero-order chi connectivity index (χ0) is 11.9. The number of nitrogens with two attached hydrogens (primary N) is 1. The Balaban J connectivity index is 0.000000336. The predicted molar refractivity (Wildman–Crippen MR) is 57.9 cm³/mol. The molecule has 0 radical (unpaired) electrons. The van der Waals surface area contributed by atoms with Crippen molar-refractivity contribution in [2.45, 2.75) is 13.3 Å². The predicted octanol–water partition coefficient (Wildman–Crippen LogP) is 0.606. The summed E-state index contributed by atoms with van der Waals surface area (Å²) >= 11 is 0. The van der Waals surface area contributed by atoms with Gasteiger partial charge in [-0.2, -0.15) is 0 Å². The quantitative estimate of drug-likeness (QED) is 0.291. The van der Waals surface area contributed by atoms with E-state index in [1.165, 1.54) is 5.56 Å². The Bertz CT molecular complexity index is 308. The van der Waals surface area contributed by atoms with Crippen LogP contribution >= 0.6 is 7.82 Å². The lowest BCUT2D eigenvalue weighted by Gasteiger charge is -2.04. The topological polar surface area (TPSA) is 116 Å². The molecule has 0 fully saturated rings. The van der Waals surface area contributed by atoms with E-state index < -0.39 is 7.82 Å². The zero-order valence-electron chi connectivity index (χ0n) is 8.29. The third-order valence-electron chi connectivity index (χ3n) is 1.55. The van der Waals surface area contributed by atoms with E-state index in [9.17, 15) is 0 Å². The molecule has 15 heavy (non-hydrogen) atoms. The molecule has 0 saturated carbocycles. The highest BCUT2D eigenvalue weighted by Gasteiger charge is 2.00. The van der Waals surface area contributed by atoms with E-state index in [0.29, 0.717) is 0 Å². The Hall–Kier alpha value is -0.910. The Kier molecular flexibility index (Phi) is 6.15. The van der Waals surface area contributed by atoms with Crippen LogP contribution in [-0.2, 0) is 11.0 Å². The van der Waals surface area contributed by atoms with Gasteiger partial charge in [0.25, 0.3) is 0 Å². The number of nitrogens with one attached hydrogen (secondary N) is 1.